The molecule has 0 amide bonds. The monoisotopic (exact) mass is 254 g/mol. The average Bonchev–Trinajstić information content (AvgIpc) is 2.86. The smallest absolute Gasteiger partial charge is 0.0556 e. The standard InChI is InChI=1S/C13H22N2OS/c1-2-11-3-4-13(17-11)12(15-14)9-10-5-7-16-8-6-10/h3-4,10,12,15H,2,5-9,14H2,1H3. The Morgan fingerprint density at radius 1 is 1.47 bits per heavy atom. The first kappa shape index (κ1) is 13.0. The highest BCUT2D eigenvalue weighted by atomic mass is 32.1. The second-order valence-corrected chi connectivity index (χ2v) is 5.87. The Hall–Kier alpha value is -0.420. The Balaban J connectivity index is 1.95. The van der Waals surface area contributed by atoms with Gasteiger partial charge in [0.15, 0.2) is 0 Å². The highest BCUT2D eigenvalue weighted by molar-refractivity contribution is 7.12. The van der Waals surface area contributed by atoms with Crippen LogP contribution >= 0.6 is 11.3 Å². The quantitative estimate of drug-likeness (QED) is 0.627. The van der Waals surface area contributed by atoms with E-state index in [2.05, 4.69) is 24.5 Å². The minimum atomic E-state index is 0.309. The Labute approximate surface area is 107 Å². The summed E-state index contributed by atoms with van der Waals surface area (Å²) in [5.41, 5.74) is 2.97. The summed E-state index contributed by atoms with van der Waals surface area (Å²) in [6.45, 7) is 4.01. The van der Waals surface area contributed by atoms with Crippen molar-refractivity contribution in [1.82, 2.24) is 5.43 Å². The summed E-state index contributed by atoms with van der Waals surface area (Å²) in [7, 11) is 0. The zero-order valence-electron chi connectivity index (χ0n) is 10.4. The van der Waals surface area contributed by atoms with Crippen molar-refractivity contribution in [2.24, 2.45) is 11.8 Å². The molecule has 4 heteroatoms. The number of rotatable bonds is 5. The van der Waals surface area contributed by atoms with Gasteiger partial charge in [-0.3, -0.25) is 11.3 Å². The van der Waals surface area contributed by atoms with E-state index in [1.807, 2.05) is 11.3 Å². The molecule has 0 bridgehead atoms. The lowest BCUT2D eigenvalue weighted by atomic mass is 9.92. The van der Waals surface area contributed by atoms with Gasteiger partial charge in [-0.25, -0.2) is 0 Å². The zero-order valence-corrected chi connectivity index (χ0v) is 11.3. The summed E-state index contributed by atoms with van der Waals surface area (Å²) in [5.74, 6) is 6.45. The minimum Gasteiger partial charge on any atom is -0.381 e. The molecule has 1 unspecified atom stereocenters. The predicted molar refractivity (Wildman–Crippen MR) is 71.9 cm³/mol. The number of thiophene rings is 1. The van der Waals surface area contributed by atoms with Crippen LogP contribution in [0.5, 0.6) is 0 Å². The van der Waals surface area contributed by atoms with Crippen molar-refractivity contribution in [2.75, 3.05) is 13.2 Å². The molecule has 1 aromatic heterocycles. The van der Waals surface area contributed by atoms with Gasteiger partial charge in [0.05, 0.1) is 6.04 Å². The van der Waals surface area contributed by atoms with Crippen LogP contribution in [0.4, 0.5) is 0 Å². The van der Waals surface area contributed by atoms with Gasteiger partial charge in [-0.05, 0) is 43.7 Å². The Bertz CT molecular complexity index is 334. The van der Waals surface area contributed by atoms with Crippen LogP contribution in [0.3, 0.4) is 0 Å². The Kier molecular flexibility index (Phi) is 4.98. The van der Waals surface area contributed by atoms with Gasteiger partial charge in [0.25, 0.3) is 0 Å². The van der Waals surface area contributed by atoms with E-state index in [-0.39, 0.29) is 0 Å². The van der Waals surface area contributed by atoms with Crippen LogP contribution in [0.1, 0.15) is 42.0 Å². The average molecular weight is 254 g/mol. The largest absolute Gasteiger partial charge is 0.381 e. The normalized spacial score (nSPS) is 19.4. The summed E-state index contributed by atoms with van der Waals surface area (Å²) in [6.07, 6.45) is 4.58. The molecule has 96 valence electrons. The van der Waals surface area contributed by atoms with Crippen molar-refractivity contribution in [3.63, 3.8) is 0 Å². The van der Waals surface area contributed by atoms with Crippen molar-refractivity contribution < 1.29 is 4.74 Å². The second kappa shape index (κ2) is 6.50. The number of aryl methyl sites for hydroxylation is 1. The number of nitrogens with two attached hydrogens (primary N) is 1. The Morgan fingerprint density at radius 3 is 2.82 bits per heavy atom. The van der Waals surface area contributed by atoms with Crippen molar-refractivity contribution in [3.05, 3.63) is 21.9 Å². The van der Waals surface area contributed by atoms with Crippen LogP contribution in [0.25, 0.3) is 0 Å². The fourth-order valence-corrected chi connectivity index (χ4v) is 3.38. The summed E-state index contributed by atoms with van der Waals surface area (Å²) in [4.78, 5) is 2.81. The highest BCUT2D eigenvalue weighted by Crippen LogP contribution is 2.31. The van der Waals surface area contributed by atoms with E-state index in [0.29, 0.717) is 6.04 Å². The molecule has 17 heavy (non-hydrogen) atoms. The minimum absolute atomic E-state index is 0.309. The van der Waals surface area contributed by atoms with Gasteiger partial charge in [-0.1, -0.05) is 6.92 Å². The Morgan fingerprint density at radius 2 is 2.24 bits per heavy atom. The number of hydrogen-bond acceptors (Lipinski definition) is 4. The molecule has 1 fully saturated rings. The van der Waals surface area contributed by atoms with Gasteiger partial charge in [-0.15, -0.1) is 11.3 Å². The maximum atomic E-state index is 5.70. The van der Waals surface area contributed by atoms with Gasteiger partial charge in [0.2, 0.25) is 0 Å². The maximum Gasteiger partial charge on any atom is 0.0556 e. The van der Waals surface area contributed by atoms with Crippen LogP contribution in [0.15, 0.2) is 12.1 Å². The molecule has 0 aliphatic carbocycles. The first-order valence-corrected chi connectivity index (χ1v) is 7.27. The molecule has 1 aliphatic rings. The molecule has 3 N–H and O–H groups in total. The van der Waals surface area contributed by atoms with Crippen LogP contribution < -0.4 is 11.3 Å². The fraction of sp³-hybridized carbons (Fsp3) is 0.692. The van der Waals surface area contributed by atoms with Crippen LogP contribution in [0, 0.1) is 5.92 Å². The van der Waals surface area contributed by atoms with Gasteiger partial charge in [0.1, 0.15) is 0 Å². The third-order valence-electron chi connectivity index (χ3n) is 3.49. The third-order valence-corrected chi connectivity index (χ3v) is 4.83. The zero-order chi connectivity index (χ0) is 12.1. The molecule has 1 aliphatic heterocycles. The molecule has 2 heterocycles. The van der Waals surface area contributed by atoms with E-state index >= 15 is 0 Å². The van der Waals surface area contributed by atoms with Crippen molar-refractivity contribution >= 4 is 11.3 Å². The lowest BCUT2D eigenvalue weighted by molar-refractivity contribution is 0.0606. The highest BCUT2D eigenvalue weighted by Gasteiger charge is 2.20. The van der Waals surface area contributed by atoms with Crippen molar-refractivity contribution in [2.45, 2.75) is 38.6 Å². The molecule has 1 aromatic rings. The van der Waals surface area contributed by atoms with Crippen molar-refractivity contribution in [3.8, 4) is 0 Å². The van der Waals surface area contributed by atoms with E-state index in [9.17, 15) is 0 Å². The number of ether oxygens (including phenoxy) is 1. The molecule has 2 rings (SSSR count). The SMILES string of the molecule is CCc1ccc(C(CC2CCOCC2)NN)s1. The van der Waals surface area contributed by atoms with Crippen LogP contribution in [-0.4, -0.2) is 13.2 Å². The fourth-order valence-electron chi connectivity index (χ4n) is 2.35. The van der Waals surface area contributed by atoms with Crippen LogP contribution in [-0.2, 0) is 11.2 Å². The van der Waals surface area contributed by atoms with E-state index in [0.717, 1.165) is 32.0 Å². The molecule has 0 aromatic carbocycles. The lowest BCUT2D eigenvalue weighted by Crippen LogP contribution is -2.30. The molecule has 1 saturated heterocycles. The number of nitrogens with one attached hydrogen (secondary N) is 1. The van der Waals surface area contributed by atoms with E-state index in [1.54, 1.807) is 0 Å². The molecular weight excluding hydrogens is 232 g/mol. The molecule has 0 spiro atoms. The molecule has 0 radical (unpaired) electrons. The summed E-state index contributed by atoms with van der Waals surface area (Å²) in [5, 5.41) is 0. The summed E-state index contributed by atoms with van der Waals surface area (Å²) in [6, 6.07) is 4.74. The molecular formula is C13H22N2OS. The van der Waals surface area contributed by atoms with Crippen molar-refractivity contribution in [1.29, 1.82) is 0 Å². The van der Waals surface area contributed by atoms with Gasteiger partial charge >= 0.3 is 0 Å². The van der Waals surface area contributed by atoms with Gasteiger partial charge in [0, 0.05) is 23.0 Å². The summed E-state index contributed by atoms with van der Waals surface area (Å²) < 4.78 is 5.39. The molecule has 0 saturated carbocycles. The first-order chi connectivity index (χ1) is 8.33. The van der Waals surface area contributed by atoms with E-state index in [1.165, 1.54) is 22.6 Å². The second-order valence-electron chi connectivity index (χ2n) is 4.67. The van der Waals surface area contributed by atoms with E-state index in [4.69, 9.17) is 10.6 Å². The van der Waals surface area contributed by atoms with Crippen LogP contribution in [0.2, 0.25) is 0 Å². The molecule has 1 atom stereocenters. The topological polar surface area (TPSA) is 47.3 Å². The first-order valence-electron chi connectivity index (χ1n) is 6.46. The lowest BCUT2D eigenvalue weighted by Gasteiger charge is -2.25. The van der Waals surface area contributed by atoms with Gasteiger partial charge < -0.3 is 4.74 Å². The third kappa shape index (κ3) is 3.52. The molecule has 3 nitrogen and oxygen atoms in total. The summed E-state index contributed by atoms with van der Waals surface area (Å²) >= 11 is 1.88. The van der Waals surface area contributed by atoms with E-state index < -0.39 is 0 Å². The number of hydrogen-bond donors (Lipinski definition) is 2. The number of hydrazine groups is 1. The predicted octanol–water partition coefficient (Wildman–Crippen LogP) is 2.63. The van der Waals surface area contributed by atoms with Gasteiger partial charge in [-0.2, -0.15) is 0 Å². The maximum absolute atomic E-state index is 5.70.